The molecule has 0 saturated heterocycles. The van der Waals surface area contributed by atoms with E-state index in [4.69, 9.17) is 4.74 Å². The molecule has 18 heavy (non-hydrogen) atoms. The van der Waals surface area contributed by atoms with E-state index in [1.54, 1.807) is 6.92 Å². The summed E-state index contributed by atoms with van der Waals surface area (Å²) in [6.45, 7) is 8.54. The number of aliphatic hydroxyl groups excluding tert-OH is 1. The van der Waals surface area contributed by atoms with Crippen LogP contribution < -0.4 is 5.32 Å². The number of hydrogen-bond donors (Lipinski definition) is 2. The van der Waals surface area contributed by atoms with Gasteiger partial charge in [-0.25, -0.2) is 4.79 Å². The Morgan fingerprint density at radius 1 is 1.61 bits per heavy atom. The lowest BCUT2D eigenvalue weighted by molar-refractivity contribution is -0.138. The SMILES string of the molecule is C=C(CNC1(CO)CCCC(C)C1)C(=O)OCC. The second-order valence-corrected chi connectivity index (χ2v) is 5.32. The summed E-state index contributed by atoms with van der Waals surface area (Å²) >= 11 is 0. The number of carbonyl (C=O) groups is 1. The zero-order chi connectivity index (χ0) is 13.6. The van der Waals surface area contributed by atoms with Crippen LogP contribution in [0.5, 0.6) is 0 Å². The fraction of sp³-hybridized carbons (Fsp3) is 0.786. The summed E-state index contributed by atoms with van der Waals surface area (Å²) < 4.78 is 4.89. The van der Waals surface area contributed by atoms with E-state index in [2.05, 4.69) is 18.8 Å². The number of esters is 1. The molecule has 0 bridgehead atoms. The number of aliphatic hydroxyl groups is 1. The quantitative estimate of drug-likeness (QED) is 0.559. The van der Waals surface area contributed by atoms with E-state index < -0.39 is 0 Å². The average Bonchev–Trinajstić information content (AvgIpc) is 2.36. The van der Waals surface area contributed by atoms with Crippen molar-refractivity contribution in [2.45, 2.75) is 45.1 Å². The van der Waals surface area contributed by atoms with Crippen LogP contribution in [0, 0.1) is 5.92 Å². The Morgan fingerprint density at radius 2 is 2.33 bits per heavy atom. The fourth-order valence-corrected chi connectivity index (χ4v) is 2.62. The van der Waals surface area contributed by atoms with E-state index in [1.165, 1.54) is 6.42 Å². The summed E-state index contributed by atoms with van der Waals surface area (Å²) in [4.78, 5) is 11.4. The second-order valence-electron chi connectivity index (χ2n) is 5.32. The molecule has 2 atom stereocenters. The Labute approximate surface area is 109 Å². The van der Waals surface area contributed by atoms with Crippen LogP contribution in [-0.4, -0.2) is 36.4 Å². The molecule has 0 aromatic carbocycles. The Morgan fingerprint density at radius 3 is 2.89 bits per heavy atom. The minimum atomic E-state index is -0.359. The van der Waals surface area contributed by atoms with Gasteiger partial charge in [-0.15, -0.1) is 0 Å². The minimum Gasteiger partial charge on any atom is -0.463 e. The Bertz CT molecular complexity index is 303. The van der Waals surface area contributed by atoms with Crippen molar-refractivity contribution < 1.29 is 14.6 Å². The molecule has 0 radical (unpaired) electrons. The molecule has 1 fully saturated rings. The van der Waals surface area contributed by atoms with Gasteiger partial charge >= 0.3 is 5.97 Å². The van der Waals surface area contributed by atoms with Crippen molar-refractivity contribution in [2.75, 3.05) is 19.8 Å². The highest BCUT2D eigenvalue weighted by Gasteiger charge is 2.34. The Balaban J connectivity index is 2.48. The molecular formula is C14H25NO3. The summed E-state index contributed by atoms with van der Waals surface area (Å²) in [5.41, 5.74) is 0.163. The summed E-state index contributed by atoms with van der Waals surface area (Å²) in [7, 11) is 0. The lowest BCUT2D eigenvalue weighted by Crippen LogP contribution is -2.52. The highest BCUT2D eigenvalue weighted by molar-refractivity contribution is 5.88. The maximum absolute atomic E-state index is 11.4. The normalized spacial score (nSPS) is 27.8. The number of ether oxygens (including phenoxy) is 1. The summed E-state index contributed by atoms with van der Waals surface area (Å²) in [5, 5.41) is 12.9. The maximum atomic E-state index is 11.4. The molecule has 0 spiro atoms. The molecular weight excluding hydrogens is 230 g/mol. The monoisotopic (exact) mass is 255 g/mol. The Hall–Kier alpha value is -0.870. The largest absolute Gasteiger partial charge is 0.463 e. The first-order valence-corrected chi connectivity index (χ1v) is 6.74. The van der Waals surface area contributed by atoms with Crippen molar-refractivity contribution in [1.29, 1.82) is 0 Å². The molecule has 2 N–H and O–H groups in total. The lowest BCUT2D eigenvalue weighted by atomic mass is 9.77. The van der Waals surface area contributed by atoms with Gasteiger partial charge in [-0.2, -0.15) is 0 Å². The summed E-state index contributed by atoms with van der Waals surface area (Å²) in [6, 6.07) is 0. The van der Waals surface area contributed by atoms with Gasteiger partial charge < -0.3 is 15.2 Å². The van der Waals surface area contributed by atoms with E-state index in [-0.39, 0.29) is 18.1 Å². The third-order valence-electron chi connectivity index (χ3n) is 3.63. The first-order valence-electron chi connectivity index (χ1n) is 6.74. The van der Waals surface area contributed by atoms with Crippen molar-refractivity contribution >= 4 is 5.97 Å². The van der Waals surface area contributed by atoms with Gasteiger partial charge in [-0.05, 0) is 25.7 Å². The van der Waals surface area contributed by atoms with E-state index in [0.29, 0.717) is 24.6 Å². The molecule has 4 heteroatoms. The highest BCUT2D eigenvalue weighted by atomic mass is 16.5. The summed E-state index contributed by atoms with van der Waals surface area (Å²) in [6.07, 6.45) is 4.21. The van der Waals surface area contributed by atoms with Gasteiger partial charge in [0.2, 0.25) is 0 Å². The van der Waals surface area contributed by atoms with Crippen molar-refractivity contribution in [3.8, 4) is 0 Å². The van der Waals surface area contributed by atoms with Crippen LogP contribution in [0.3, 0.4) is 0 Å². The molecule has 0 aliphatic heterocycles. The second kappa shape index (κ2) is 6.90. The first-order chi connectivity index (χ1) is 8.53. The van der Waals surface area contributed by atoms with Crippen LogP contribution in [0.4, 0.5) is 0 Å². The topological polar surface area (TPSA) is 58.6 Å². The van der Waals surface area contributed by atoms with Crippen LogP contribution >= 0.6 is 0 Å². The molecule has 1 rings (SSSR count). The maximum Gasteiger partial charge on any atom is 0.334 e. The molecule has 4 nitrogen and oxygen atoms in total. The first kappa shape index (κ1) is 15.2. The zero-order valence-electron chi connectivity index (χ0n) is 11.5. The van der Waals surface area contributed by atoms with Gasteiger partial charge in [-0.1, -0.05) is 26.3 Å². The predicted molar refractivity (Wildman–Crippen MR) is 71.2 cm³/mol. The summed E-state index contributed by atoms with van der Waals surface area (Å²) in [5.74, 6) is 0.246. The molecule has 0 aromatic heterocycles. The predicted octanol–water partition coefficient (Wildman–Crippen LogP) is 1.64. The van der Waals surface area contributed by atoms with E-state index in [0.717, 1.165) is 19.3 Å². The van der Waals surface area contributed by atoms with Crippen molar-refractivity contribution in [1.82, 2.24) is 5.32 Å². The molecule has 1 saturated carbocycles. The standard InChI is InChI=1S/C14H25NO3/c1-4-18-13(17)12(3)9-15-14(10-16)7-5-6-11(2)8-14/h11,15-16H,3-10H2,1-2H3. The van der Waals surface area contributed by atoms with Gasteiger partial charge in [0.15, 0.2) is 0 Å². The average molecular weight is 255 g/mol. The van der Waals surface area contributed by atoms with Gasteiger partial charge in [0, 0.05) is 17.7 Å². The minimum absolute atomic E-state index is 0.105. The van der Waals surface area contributed by atoms with Crippen LogP contribution in [-0.2, 0) is 9.53 Å². The van der Waals surface area contributed by atoms with Crippen LogP contribution in [0.25, 0.3) is 0 Å². The van der Waals surface area contributed by atoms with Crippen LogP contribution in [0.1, 0.15) is 39.5 Å². The molecule has 0 amide bonds. The Kier molecular flexibility index (Phi) is 5.82. The van der Waals surface area contributed by atoms with E-state index >= 15 is 0 Å². The van der Waals surface area contributed by atoms with E-state index in [9.17, 15) is 9.90 Å². The highest BCUT2D eigenvalue weighted by Crippen LogP contribution is 2.31. The lowest BCUT2D eigenvalue weighted by Gasteiger charge is -2.39. The van der Waals surface area contributed by atoms with Crippen molar-refractivity contribution in [3.05, 3.63) is 12.2 Å². The number of carbonyl (C=O) groups excluding carboxylic acids is 1. The number of hydrogen-bond acceptors (Lipinski definition) is 4. The molecule has 104 valence electrons. The van der Waals surface area contributed by atoms with Crippen molar-refractivity contribution in [2.24, 2.45) is 5.92 Å². The number of rotatable bonds is 6. The van der Waals surface area contributed by atoms with Gasteiger partial charge in [0.25, 0.3) is 0 Å². The molecule has 1 aliphatic rings. The third kappa shape index (κ3) is 4.10. The molecule has 0 heterocycles. The third-order valence-corrected chi connectivity index (χ3v) is 3.63. The molecule has 0 aromatic rings. The fourth-order valence-electron chi connectivity index (χ4n) is 2.62. The van der Waals surface area contributed by atoms with Crippen LogP contribution in [0.15, 0.2) is 12.2 Å². The van der Waals surface area contributed by atoms with Gasteiger partial charge in [0.1, 0.15) is 0 Å². The molecule has 2 unspecified atom stereocenters. The van der Waals surface area contributed by atoms with E-state index in [1.807, 2.05) is 0 Å². The van der Waals surface area contributed by atoms with Crippen LogP contribution in [0.2, 0.25) is 0 Å². The van der Waals surface area contributed by atoms with Gasteiger partial charge in [0.05, 0.1) is 13.2 Å². The van der Waals surface area contributed by atoms with Gasteiger partial charge in [-0.3, -0.25) is 0 Å². The smallest absolute Gasteiger partial charge is 0.334 e. The zero-order valence-corrected chi connectivity index (χ0v) is 11.5. The van der Waals surface area contributed by atoms with Crippen molar-refractivity contribution in [3.63, 3.8) is 0 Å². The molecule has 1 aliphatic carbocycles. The number of nitrogens with one attached hydrogen (secondary N) is 1.